The Morgan fingerprint density at radius 3 is 2.68 bits per heavy atom. The smallest absolute Gasteiger partial charge is 0.117 e. The summed E-state index contributed by atoms with van der Waals surface area (Å²) in [6.07, 6.45) is 2.03. The van der Waals surface area contributed by atoms with Crippen LogP contribution in [0, 0.1) is 13.8 Å². The molecule has 2 aromatic heterocycles. The maximum absolute atomic E-state index is 5.64. The van der Waals surface area contributed by atoms with Gasteiger partial charge >= 0.3 is 0 Å². The van der Waals surface area contributed by atoms with Crippen molar-refractivity contribution in [2.75, 3.05) is 6.54 Å². The highest BCUT2D eigenvalue weighted by Gasteiger charge is 2.01. The molecular weight excluding hydrogens is 238 g/mol. The molecule has 104 valence electrons. The van der Waals surface area contributed by atoms with Crippen molar-refractivity contribution in [2.24, 2.45) is 0 Å². The van der Waals surface area contributed by atoms with Crippen molar-refractivity contribution in [2.45, 2.75) is 46.7 Å². The molecule has 1 N–H and O–H groups in total. The van der Waals surface area contributed by atoms with Crippen molar-refractivity contribution in [3.05, 3.63) is 41.1 Å². The molecule has 0 unspecified atom stereocenters. The number of nitrogens with zero attached hydrogens (tertiary/aromatic N) is 2. The normalized spacial score (nSPS) is 11.1. The minimum atomic E-state index is 0.803. The molecule has 0 aliphatic heterocycles. The Hall–Kier alpha value is -1.55. The minimum Gasteiger partial charge on any atom is -0.465 e. The van der Waals surface area contributed by atoms with Crippen LogP contribution in [0.1, 0.15) is 36.3 Å². The summed E-state index contributed by atoms with van der Waals surface area (Å²) >= 11 is 0. The molecule has 0 radical (unpaired) electrons. The number of hydrogen-bond donors (Lipinski definition) is 1. The lowest BCUT2D eigenvalue weighted by Gasteiger charge is -2.05. The number of furan rings is 1. The summed E-state index contributed by atoms with van der Waals surface area (Å²) in [5.74, 6) is 2.07. The molecule has 19 heavy (non-hydrogen) atoms. The third-order valence-corrected chi connectivity index (χ3v) is 3.19. The predicted molar refractivity (Wildman–Crippen MR) is 76.1 cm³/mol. The second-order valence-corrected chi connectivity index (χ2v) is 4.90. The zero-order valence-electron chi connectivity index (χ0n) is 12.1. The highest BCUT2D eigenvalue weighted by atomic mass is 16.3. The largest absolute Gasteiger partial charge is 0.465 e. The SMILES string of the molecule is CCc1ccc(CNCCCn2nc(C)cc2C)o1. The standard InChI is InChI=1S/C15H23N3O/c1-4-14-6-7-15(19-14)11-16-8-5-9-18-13(3)10-12(2)17-18/h6-7,10,16H,4-5,8-9,11H2,1-3H3. The molecule has 0 amide bonds. The number of aryl methyl sites for hydroxylation is 4. The molecule has 0 spiro atoms. The number of hydrogen-bond acceptors (Lipinski definition) is 3. The van der Waals surface area contributed by atoms with Gasteiger partial charge in [-0.2, -0.15) is 5.10 Å². The van der Waals surface area contributed by atoms with Crippen molar-refractivity contribution < 1.29 is 4.42 Å². The van der Waals surface area contributed by atoms with Gasteiger partial charge in [0.2, 0.25) is 0 Å². The van der Waals surface area contributed by atoms with Gasteiger partial charge in [0.1, 0.15) is 11.5 Å². The lowest BCUT2D eigenvalue weighted by molar-refractivity contribution is 0.444. The fraction of sp³-hybridized carbons (Fsp3) is 0.533. The minimum absolute atomic E-state index is 0.803. The summed E-state index contributed by atoms with van der Waals surface area (Å²) in [7, 11) is 0. The van der Waals surface area contributed by atoms with E-state index in [1.165, 1.54) is 5.69 Å². The van der Waals surface area contributed by atoms with Crippen molar-refractivity contribution in [1.82, 2.24) is 15.1 Å². The van der Waals surface area contributed by atoms with Crippen molar-refractivity contribution >= 4 is 0 Å². The van der Waals surface area contributed by atoms with Gasteiger partial charge in [-0.15, -0.1) is 0 Å². The fourth-order valence-electron chi connectivity index (χ4n) is 2.17. The molecule has 2 rings (SSSR count). The van der Waals surface area contributed by atoms with E-state index in [0.29, 0.717) is 0 Å². The second kappa shape index (κ2) is 6.57. The van der Waals surface area contributed by atoms with E-state index in [1.54, 1.807) is 0 Å². The molecule has 0 atom stereocenters. The summed E-state index contributed by atoms with van der Waals surface area (Å²) < 4.78 is 7.71. The Morgan fingerprint density at radius 1 is 1.26 bits per heavy atom. The fourth-order valence-corrected chi connectivity index (χ4v) is 2.17. The van der Waals surface area contributed by atoms with Gasteiger partial charge in [-0.1, -0.05) is 6.92 Å². The first-order valence-electron chi connectivity index (χ1n) is 6.98. The average Bonchev–Trinajstić information content (AvgIpc) is 2.96. The molecule has 0 aliphatic carbocycles. The molecule has 4 nitrogen and oxygen atoms in total. The van der Waals surface area contributed by atoms with Crippen molar-refractivity contribution in [3.8, 4) is 0 Å². The highest BCUT2D eigenvalue weighted by molar-refractivity contribution is 5.07. The topological polar surface area (TPSA) is 43.0 Å². The van der Waals surface area contributed by atoms with E-state index in [1.807, 2.05) is 19.1 Å². The predicted octanol–water partition coefficient (Wildman–Crippen LogP) is 2.84. The van der Waals surface area contributed by atoms with E-state index >= 15 is 0 Å². The average molecular weight is 261 g/mol. The van der Waals surface area contributed by atoms with Crippen LogP contribution in [0.25, 0.3) is 0 Å². The Bertz CT molecular complexity index is 513. The number of aromatic nitrogens is 2. The highest BCUT2D eigenvalue weighted by Crippen LogP contribution is 2.08. The Balaban J connectivity index is 1.65. The van der Waals surface area contributed by atoms with Gasteiger partial charge in [-0.05, 0) is 45.0 Å². The van der Waals surface area contributed by atoms with Gasteiger partial charge in [-0.3, -0.25) is 4.68 Å². The first kappa shape index (κ1) is 13.9. The van der Waals surface area contributed by atoms with Crippen LogP contribution in [0.5, 0.6) is 0 Å². The van der Waals surface area contributed by atoms with E-state index in [0.717, 1.165) is 49.7 Å². The van der Waals surface area contributed by atoms with Crippen LogP contribution in [-0.2, 0) is 19.5 Å². The Labute approximate surface area is 114 Å². The molecule has 0 fully saturated rings. The molecule has 0 saturated carbocycles. The quantitative estimate of drug-likeness (QED) is 0.779. The zero-order chi connectivity index (χ0) is 13.7. The van der Waals surface area contributed by atoms with Gasteiger partial charge in [-0.25, -0.2) is 0 Å². The molecule has 2 aromatic rings. The van der Waals surface area contributed by atoms with E-state index in [4.69, 9.17) is 4.42 Å². The summed E-state index contributed by atoms with van der Waals surface area (Å²) in [6.45, 7) is 8.97. The van der Waals surface area contributed by atoms with E-state index in [2.05, 4.69) is 35.0 Å². The van der Waals surface area contributed by atoms with Crippen LogP contribution < -0.4 is 5.32 Å². The molecule has 4 heteroatoms. The monoisotopic (exact) mass is 261 g/mol. The lowest BCUT2D eigenvalue weighted by atomic mass is 10.3. The zero-order valence-corrected chi connectivity index (χ0v) is 12.1. The summed E-state index contributed by atoms with van der Waals surface area (Å²) in [5.41, 5.74) is 2.32. The van der Waals surface area contributed by atoms with Gasteiger partial charge in [0.25, 0.3) is 0 Å². The van der Waals surface area contributed by atoms with Gasteiger partial charge in [0, 0.05) is 18.7 Å². The van der Waals surface area contributed by atoms with Crippen LogP contribution >= 0.6 is 0 Å². The molecule has 0 aliphatic rings. The van der Waals surface area contributed by atoms with Gasteiger partial charge < -0.3 is 9.73 Å². The van der Waals surface area contributed by atoms with Crippen LogP contribution in [0.4, 0.5) is 0 Å². The van der Waals surface area contributed by atoms with Crippen LogP contribution in [0.15, 0.2) is 22.6 Å². The van der Waals surface area contributed by atoms with Crippen LogP contribution in [-0.4, -0.2) is 16.3 Å². The van der Waals surface area contributed by atoms with E-state index in [9.17, 15) is 0 Å². The first-order valence-corrected chi connectivity index (χ1v) is 6.98. The third-order valence-electron chi connectivity index (χ3n) is 3.19. The van der Waals surface area contributed by atoms with Crippen molar-refractivity contribution in [3.63, 3.8) is 0 Å². The third kappa shape index (κ3) is 3.96. The summed E-state index contributed by atoms with van der Waals surface area (Å²) in [6, 6.07) is 6.21. The lowest BCUT2D eigenvalue weighted by Crippen LogP contribution is -2.16. The maximum atomic E-state index is 5.64. The molecule has 0 bridgehead atoms. The summed E-state index contributed by atoms with van der Waals surface area (Å²) in [4.78, 5) is 0. The second-order valence-electron chi connectivity index (χ2n) is 4.90. The van der Waals surface area contributed by atoms with E-state index < -0.39 is 0 Å². The van der Waals surface area contributed by atoms with E-state index in [-0.39, 0.29) is 0 Å². The molecular formula is C15H23N3O. The molecule has 0 aromatic carbocycles. The van der Waals surface area contributed by atoms with Crippen molar-refractivity contribution in [1.29, 1.82) is 0 Å². The molecule has 2 heterocycles. The van der Waals surface area contributed by atoms with Gasteiger partial charge in [0.15, 0.2) is 0 Å². The summed E-state index contributed by atoms with van der Waals surface area (Å²) in [5, 5.41) is 7.85. The number of rotatable bonds is 7. The Kier molecular flexibility index (Phi) is 4.80. The molecule has 0 saturated heterocycles. The first-order chi connectivity index (χ1) is 9.19. The number of nitrogens with one attached hydrogen (secondary N) is 1. The van der Waals surface area contributed by atoms with Gasteiger partial charge in [0.05, 0.1) is 12.2 Å². The Morgan fingerprint density at radius 2 is 2.05 bits per heavy atom. The van der Waals surface area contributed by atoms with Crippen LogP contribution in [0.3, 0.4) is 0 Å². The maximum Gasteiger partial charge on any atom is 0.117 e. The van der Waals surface area contributed by atoms with Crippen LogP contribution in [0.2, 0.25) is 0 Å².